The second-order valence-corrected chi connectivity index (χ2v) is 12.1. The van der Waals surface area contributed by atoms with E-state index in [1.54, 1.807) is 18.2 Å². The molecule has 2 amide bonds. The number of ketones is 1. The highest BCUT2D eigenvalue weighted by Gasteiger charge is 2.33. The normalized spacial score (nSPS) is 11.9. The van der Waals surface area contributed by atoms with Crippen LogP contribution in [0.5, 0.6) is 0 Å². The molecule has 0 heterocycles. The van der Waals surface area contributed by atoms with E-state index >= 15 is 0 Å². The Kier molecular flexibility index (Phi) is 11.2. The maximum absolute atomic E-state index is 14.1. The van der Waals surface area contributed by atoms with Crippen molar-refractivity contribution in [2.75, 3.05) is 23.7 Å². The molecule has 0 radical (unpaired) electrons. The minimum Gasteiger partial charge on any atom is -0.354 e. The molecule has 0 saturated carbocycles. The van der Waals surface area contributed by atoms with Gasteiger partial charge in [-0.2, -0.15) is 0 Å². The van der Waals surface area contributed by atoms with Gasteiger partial charge in [-0.15, -0.1) is 0 Å². The lowest BCUT2D eigenvalue weighted by atomic mass is 10.0. The van der Waals surface area contributed by atoms with Gasteiger partial charge >= 0.3 is 0 Å². The molecule has 3 aromatic carbocycles. The Morgan fingerprint density at radius 3 is 2.24 bits per heavy atom. The van der Waals surface area contributed by atoms with E-state index < -0.39 is 28.5 Å². The third kappa shape index (κ3) is 9.01. The highest BCUT2D eigenvalue weighted by atomic mass is 32.2. The summed E-state index contributed by atoms with van der Waals surface area (Å²) in [5.74, 6) is -1.05. The van der Waals surface area contributed by atoms with Crippen LogP contribution in [-0.4, -0.2) is 56.3 Å². The number of benzene rings is 3. The van der Waals surface area contributed by atoms with Crippen molar-refractivity contribution in [3.63, 3.8) is 0 Å². The van der Waals surface area contributed by atoms with Crippen molar-refractivity contribution in [1.82, 2.24) is 10.2 Å². The third-order valence-electron chi connectivity index (χ3n) is 6.92. The maximum atomic E-state index is 14.1. The van der Waals surface area contributed by atoms with Crippen molar-refractivity contribution >= 4 is 33.3 Å². The summed E-state index contributed by atoms with van der Waals surface area (Å²) in [5, 5.41) is 2.97. The van der Waals surface area contributed by atoms with Crippen molar-refractivity contribution in [3.8, 4) is 0 Å². The highest BCUT2D eigenvalue weighted by Crippen LogP contribution is 2.22. The molecule has 0 aliphatic rings. The van der Waals surface area contributed by atoms with Crippen LogP contribution < -0.4 is 9.62 Å². The van der Waals surface area contributed by atoms with E-state index in [-0.39, 0.29) is 30.3 Å². The van der Waals surface area contributed by atoms with Crippen LogP contribution in [0.1, 0.15) is 53.7 Å². The Balaban J connectivity index is 2.06. The monoisotopic (exact) mass is 577 g/mol. The first-order valence-corrected chi connectivity index (χ1v) is 15.6. The van der Waals surface area contributed by atoms with Gasteiger partial charge in [-0.1, -0.05) is 80.1 Å². The first kappa shape index (κ1) is 31.5. The number of nitrogens with zero attached hydrogens (tertiary/aromatic N) is 2. The Morgan fingerprint density at radius 1 is 0.927 bits per heavy atom. The molecule has 8 nitrogen and oxygen atoms in total. The fraction of sp³-hybridized carbons (Fsp3) is 0.344. The zero-order valence-electron chi connectivity index (χ0n) is 24.2. The fourth-order valence-electron chi connectivity index (χ4n) is 4.52. The fourth-order valence-corrected chi connectivity index (χ4v) is 5.37. The molecule has 218 valence electrons. The van der Waals surface area contributed by atoms with E-state index in [0.29, 0.717) is 12.1 Å². The van der Waals surface area contributed by atoms with Gasteiger partial charge in [0.15, 0.2) is 5.78 Å². The van der Waals surface area contributed by atoms with Crippen LogP contribution in [-0.2, 0) is 32.6 Å². The molecule has 3 aromatic rings. The van der Waals surface area contributed by atoms with Crippen LogP contribution in [0.3, 0.4) is 0 Å². The lowest BCUT2D eigenvalue weighted by molar-refractivity contribution is -0.140. The second kappa shape index (κ2) is 14.6. The lowest BCUT2D eigenvalue weighted by Gasteiger charge is -2.34. The molecule has 41 heavy (non-hydrogen) atoms. The lowest BCUT2D eigenvalue weighted by Crippen LogP contribution is -2.53. The highest BCUT2D eigenvalue weighted by molar-refractivity contribution is 7.92. The molecule has 0 aromatic heterocycles. The average molecular weight is 578 g/mol. The SMILES string of the molecule is CCCCNC(=O)[C@@H](Cc1ccccc1)N(Cc1ccccc1C)C(=O)CN(c1cccc(C(C)=O)c1)S(C)(=O)=O. The minimum atomic E-state index is -3.92. The summed E-state index contributed by atoms with van der Waals surface area (Å²) in [7, 11) is -3.92. The summed E-state index contributed by atoms with van der Waals surface area (Å²) in [6.45, 7) is 5.42. The van der Waals surface area contributed by atoms with E-state index in [1.165, 1.54) is 17.9 Å². The molecule has 0 aliphatic heterocycles. The molecule has 0 unspecified atom stereocenters. The zero-order chi connectivity index (χ0) is 30.0. The van der Waals surface area contributed by atoms with Gasteiger partial charge in [-0.3, -0.25) is 18.7 Å². The van der Waals surface area contributed by atoms with E-state index in [0.717, 1.165) is 40.1 Å². The molecule has 3 rings (SSSR count). The number of nitrogens with one attached hydrogen (secondary N) is 1. The molecule has 0 spiro atoms. The minimum absolute atomic E-state index is 0.120. The molecule has 9 heteroatoms. The molecule has 0 fully saturated rings. The summed E-state index contributed by atoms with van der Waals surface area (Å²) < 4.78 is 26.9. The first-order valence-electron chi connectivity index (χ1n) is 13.8. The van der Waals surface area contributed by atoms with Gasteiger partial charge in [0, 0.05) is 25.1 Å². The topological polar surface area (TPSA) is 104 Å². The Bertz CT molecular complexity index is 1460. The molecule has 1 N–H and O–H groups in total. The largest absolute Gasteiger partial charge is 0.354 e. The summed E-state index contributed by atoms with van der Waals surface area (Å²) >= 11 is 0. The molecule has 0 aliphatic carbocycles. The summed E-state index contributed by atoms with van der Waals surface area (Å²) in [6, 6.07) is 22.3. The van der Waals surface area contributed by atoms with Crippen molar-refractivity contribution in [2.24, 2.45) is 0 Å². The van der Waals surface area contributed by atoms with Crippen LogP contribution >= 0.6 is 0 Å². The zero-order valence-corrected chi connectivity index (χ0v) is 25.0. The number of rotatable bonds is 14. The Hall–Kier alpha value is -3.98. The van der Waals surface area contributed by atoms with Crippen molar-refractivity contribution < 1.29 is 22.8 Å². The van der Waals surface area contributed by atoms with E-state index in [1.807, 2.05) is 68.4 Å². The van der Waals surface area contributed by atoms with Crippen LogP contribution in [0.2, 0.25) is 0 Å². The van der Waals surface area contributed by atoms with Crippen LogP contribution in [0, 0.1) is 6.92 Å². The number of amides is 2. The molecule has 0 bridgehead atoms. The summed E-state index contributed by atoms with van der Waals surface area (Å²) in [4.78, 5) is 41.3. The predicted octanol–water partition coefficient (Wildman–Crippen LogP) is 4.52. The summed E-state index contributed by atoms with van der Waals surface area (Å²) in [5.41, 5.74) is 3.21. The van der Waals surface area contributed by atoms with E-state index in [4.69, 9.17) is 0 Å². The third-order valence-corrected chi connectivity index (χ3v) is 8.06. The molecular formula is C32H39N3O5S. The van der Waals surface area contributed by atoms with E-state index in [9.17, 15) is 22.8 Å². The standard InChI is InChI=1S/C32H39N3O5S/c1-5-6-19-33-32(38)30(20-26-14-8-7-9-15-26)34(22-28-16-11-10-13-24(28)2)31(37)23-35(41(4,39)40)29-18-12-17-27(21-29)25(3)36/h7-18,21,30H,5-6,19-20,22-23H2,1-4H3,(H,33,38)/t30-/m1/s1. The second-order valence-electron chi connectivity index (χ2n) is 10.2. The number of hydrogen-bond acceptors (Lipinski definition) is 5. The number of sulfonamides is 1. The predicted molar refractivity (Wildman–Crippen MR) is 162 cm³/mol. The smallest absolute Gasteiger partial charge is 0.244 e. The average Bonchev–Trinajstić information content (AvgIpc) is 2.94. The van der Waals surface area contributed by atoms with Crippen LogP contribution in [0.15, 0.2) is 78.9 Å². The van der Waals surface area contributed by atoms with Crippen molar-refractivity contribution in [1.29, 1.82) is 0 Å². The van der Waals surface area contributed by atoms with Gasteiger partial charge in [0.05, 0.1) is 11.9 Å². The number of unbranched alkanes of at least 4 members (excludes halogenated alkanes) is 1. The summed E-state index contributed by atoms with van der Waals surface area (Å²) in [6.07, 6.45) is 2.97. The number of carbonyl (C=O) groups is 3. The number of hydrogen-bond donors (Lipinski definition) is 1. The van der Waals surface area contributed by atoms with Gasteiger partial charge in [0.1, 0.15) is 12.6 Å². The van der Waals surface area contributed by atoms with E-state index in [2.05, 4.69) is 5.32 Å². The van der Waals surface area contributed by atoms with Gasteiger partial charge in [0.25, 0.3) is 0 Å². The molecular weight excluding hydrogens is 538 g/mol. The van der Waals surface area contributed by atoms with Gasteiger partial charge in [-0.05, 0) is 49.1 Å². The maximum Gasteiger partial charge on any atom is 0.244 e. The van der Waals surface area contributed by atoms with Crippen molar-refractivity contribution in [3.05, 3.63) is 101 Å². The first-order chi connectivity index (χ1) is 19.5. The number of aryl methyl sites for hydroxylation is 1. The quantitative estimate of drug-likeness (QED) is 0.224. The van der Waals surface area contributed by atoms with Crippen LogP contribution in [0.25, 0.3) is 0 Å². The number of Topliss-reactive ketones (excluding diaryl/α,β-unsaturated/α-hetero) is 1. The van der Waals surface area contributed by atoms with Crippen LogP contribution in [0.4, 0.5) is 5.69 Å². The molecule has 0 saturated heterocycles. The Morgan fingerprint density at radius 2 is 1.61 bits per heavy atom. The van der Waals surface area contributed by atoms with Gasteiger partial charge in [-0.25, -0.2) is 8.42 Å². The van der Waals surface area contributed by atoms with Crippen molar-refractivity contribution in [2.45, 2.75) is 52.6 Å². The Labute approximate surface area is 243 Å². The number of anilines is 1. The van der Waals surface area contributed by atoms with Gasteiger partial charge < -0.3 is 10.2 Å². The van der Waals surface area contributed by atoms with Gasteiger partial charge in [0.2, 0.25) is 21.8 Å². The molecule has 1 atom stereocenters. The number of carbonyl (C=O) groups excluding carboxylic acids is 3.